The highest BCUT2D eigenvalue weighted by Gasteiger charge is 2.45. The van der Waals surface area contributed by atoms with Crippen molar-refractivity contribution in [3.05, 3.63) is 33.8 Å². The van der Waals surface area contributed by atoms with Crippen molar-refractivity contribution in [2.45, 2.75) is 45.6 Å². The van der Waals surface area contributed by atoms with Crippen LogP contribution in [0.4, 0.5) is 8.78 Å². The van der Waals surface area contributed by atoms with Crippen molar-refractivity contribution in [2.75, 3.05) is 6.61 Å². The van der Waals surface area contributed by atoms with Crippen LogP contribution in [0.15, 0.2) is 27.7 Å². The van der Waals surface area contributed by atoms with Gasteiger partial charge in [-0.2, -0.15) is 0 Å². The first-order chi connectivity index (χ1) is 9.94. The van der Waals surface area contributed by atoms with Crippen molar-refractivity contribution in [1.82, 2.24) is 0 Å². The summed E-state index contributed by atoms with van der Waals surface area (Å²) in [7, 11) is 0. The molecule has 0 spiro atoms. The van der Waals surface area contributed by atoms with Gasteiger partial charge in [0.05, 0.1) is 0 Å². The molecule has 21 heavy (non-hydrogen) atoms. The Balaban J connectivity index is 0.00000106. The molecule has 1 aromatic rings. The van der Waals surface area contributed by atoms with Gasteiger partial charge in [-0.15, -0.1) is 0 Å². The molecule has 2 rings (SSSR count). The first-order valence-corrected chi connectivity index (χ1v) is 7.85. The molecule has 0 fully saturated rings. The Bertz CT molecular complexity index is 506. The SMILES string of the molecule is CC.CCCc1ccc(Br)cc1C1N=C(N)OCC1(F)F. The minimum Gasteiger partial charge on any atom is -0.459 e. The Hall–Kier alpha value is -1.17. The molecule has 0 aliphatic carbocycles. The number of rotatable bonds is 3. The van der Waals surface area contributed by atoms with E-state index < -0.39 is 18.6 Å². The zero-order valence-electron chi connectivity index (χ0n) is 12.5. The van der Waals surface area contributed by atoms with Crippen molar-refractivity contribution in [3.63, 3.8) is 0 Å². The molecule has 6 heteroatoms. The van der Waals surface area contributed by atoms with Gasteiger partial charge >= 0.3 is 5.92 Å². The molecule has 1 unspecified atom stereocenters. The Morgan fingerprint density at radius 2 is 2.10 bits per heavy atom. The van der Waals surface area contributed by atoms with Crippen LogP contribution in [0.5, 0.6) is 0 Å². The zero-order valence-corrected chi connectivity index (χ0v) is 14.1. The van der Waals surface area contributed by atoms with Crippen LogP contribution in [0, 0.1) is 0 Å². The number of amidine groups is 1. The maximum absolute atomic E-state index is 14.0. The van der Waals surface area contributed by atoms with Crippen molar-refractivity contribution in [3.8, 4) is 0 Å². The van der Waals surface area contributed by atoms with Crippen LogP contribution < -0.4 is 5.73 Å². The van der Waals surface area contributed by atoms with Gasteiger partial charge in [-0.1, -0.05) is 49.2 Å². The van der Waals surface area contributed by atoms with Crippen molar-refractivity contribution < 1.29 is 13.5 Å². The highest BCUT2D eigenvalue weighted by atomic mass is 79.9. The third-order valence-electron chi connectivity index (χ3n) is 2.99. The summed E-state index contributed by atoms with van der Waals surface area (Å²) in [6, 6.07) is 3.92. The average Bonchev–Trinajstić information content (AvgIpc) is 2.46. The Kier molecular flexibility index (Phi) is 6.58. The average molecular weight is 363 g/mol. The molecule has 3 nitrogen and oxygen atoms in total. The van der Waals surface area contributed by atoms with Gasteiger partial charge in [0.15, 0.2) is 6.61 Å². The van der Waals surface area contributed by atoms with Crippen LogP contribution in [-0.4, -0.2) is 18.6 Å². The molecule has 118 valence electrons. The molecule has 1 aliphatic rings. The van der Waals surface area contributed by atoms with E-state index in [1.54, 1.807) is 6.07 Å². The molecular formula is C15H21BrF2N2O. The van der Waals surface area contributed by atoms with E-state index in [1.165, 1.54) is 0 Å². The number of hydrogen-bond donors (Lipinski definition) is 1. The quantitative estimate of drug-likeness (QED) is 0.863. The summed E-state index contributed by atoms with van der Waals surface area (Å²) < 4.78 is 33.3. The van der Waals surface area contributed by atoms with Gasteiger partial charge in [0, 0.05) is 4.47 Å². The lowest BCUT2D eigenvalue weighted by Gasteiger charge is -2.29. The maximum atomic E-state index is 14.0. The van der Waals surface area contributed by atoms with Gasteiger partial charge in [0.25, 0.3) is 6.02 Å². The summed E-state index contributed by atoms with van der Waals surface area (Å²) in [5.74, 6) is -3.05. The Labute approximate surface area is 132 Å². The van der Waals surface area contributed by atoms with E-state index >= 15 is 0 Å². The number of alkyl halides is 2. The molecule has 0 radical (unpaired) electrons. The van der Waals surface area contributed by atoms with E-state index in [4.69, 9.17) is 5.73 Å². The minimum absolute atomic E-state index is 0.182. The van der Waals surface area contributed by atoms with E-state index in [2.05, 4.69) is 25.7 Å². The van der Waals surface area contributed by atoms with Crippen LogP contribution in [-0.2, 0) is 11.2 Å². The van der Waals surface area contributed by atoms with E-state index in [-0.39, 0.29) is 6.02 Å². The lowest BCUT2D eigenvalue weighted by atomic mass is 9.93. The number of halogens is 3. The minimum atomic E-state index is -3.05. The molecule has 0 saturated heterocycles. The summed E-state index contributed by atoms with van der Waals surface area (Å²) in [5, 5.41) is 0. The monoisotopic (exact) mass is 362 g/mol. The molecule has 1 aliphatic heterocycles. The first kappa shape index (κ1) is 17.9. The van der Waals surface area contributed by atoms with Crippen LogP contribution in [0.25, 0.3) is 0 Å². The van der Waals surface area contributed by atoms with E-state index in [0.717, 1.165) is 22.9 Å². The smallest absolute Gasteiger partial charge is 0.307 e. The molecule has 1 heterocycles. The number of nitrogens with two attached hydrogens (primary N) is 1. The molecular weight excluding hydrogens is 342 g/mol. The standard InChI is InChI=1S/C13H15BrF2N2O.C2H6/c1-2-3-8-4-5-9(14)6-10(8)11-13(15,16)7-19-12(17)18-11;1-2/h4-6,11H,2-3,7H2,1H3,(H2,17,18);1-2H3. The second-order valence-electron chi connectivity index (χ2n) is 4.51. The zero-order chi connectivity index (χ0) is 16.0. The molecule has 0 saturated carbocycles. The summed E-state index contributed by atoms with van der Waals surface area (Å²) in [4.78, 5) is 3.79. The van der Waals surface area contributed by atoms with Crippen LogP contribution in [0.1, 0.15) is 44.4 Å². The largest absolute Gasteiger partial charge is 0.459 e. The second kappa shape index (κ2) is 7.73. The van der Waals surface area contributed by atoms with Gasteiger partial charge in [0.1, 0.15) is 6.04 Å². The second-order valence-corrected chi connectivity index (χ2v) is 5.43. The summed E-state index contributed by atoms with van der Waals surface area (Å²) in [6.07, 6.45) is 1.61. The van der Waals surface area contributed by atoms with Crippen LogP contribution in [0.3, 0.4) is 0 Å². The van der Waals surface area contributed by atoms with Gasteiger partial charge in [-0.3, -0.25) is 0 Å². The fraction of sp³-hybridized carbons (Fsp3) is 0.533. The molecule has 0 aromatic heterocycles. The lowest BCUT2D eigenvalue weighted by molar-refractivity contribution is -0.0783. The lowest BCUT2D eigenvalue weighted by Crippen LogP contribution is -2.40. The number of hydrogen-bond acceptors (Lipinski definition) is 3. The van der Waals surface area contributed by atoms with Gasteiger partial charge in [-0.25, -0.2) is 13.8 Å². The Morgan fingerprint density at radius 1 is 1.43 bits per heavy atom. The molecule has 0 amide bonds. The number of aryl methyl sites for hydroxylation is 1. The molecule has 2 N–H and O–H groups in total. The molecule has 1 atom stereocenters. The van der Waals surface area contributed by atoms with Crippen LogP contribution >= 0.6 is 15.9 Å². The fourth-order valence-corrected chi connectivity index (χ4v) is 2.50. The predicted octanol–water partition coefficient (Wildman–Crippen LogP) is 4.45. The summed E-state index contributed by atoms with van der Waals surface area (Å²) >= 11 is 3.31. The van der Waals surface area contributed by atoms with E-state index in [0.29, 0.717) is 5.56 Å². The Morgan fingerprint density at radius 3 is 2.71 bits per heavy atom. The van der Waals surface area contributed by atoms with Crippen molar-refractivity contribution >= 4 is 22.0 Å². The van der Waals surface area contributed by atoms with E-state index in [1.807, 2.05) is 32.9 Å². The third-order valence-corrected chi connectivity index (χ3v) is 3.48. The first-order valence-electron chi connectivity index (χ1n) is 7.06. The van der Waals surface area contributed by atoms with Gasteiger partial charge in [-0.05, 0) is 29.7 Å². The number of benzene rings is 1. The predicted molar refractivity (Wildman–Crippen MR) is 84.7 cm³/mol. The summed E-state index contributed by atoms with van der Waals surface area (Å²) in [5.41, 5.74) is 6.80. The number of ether oxygens (including phenoxy) is 1. The highest BCUT2D eigenvalue weighted by Crippen LogP contribution is 2.40. The number of nitrogens with zero attached hydrogens (tertiary/aromatic N) is 1. The fourth-order valence-electron chi connectivity index (χ4n) is 2.12. The van der Waals surface area contributed by atoms with Crippen LogP contribution in [0.2, 0.25) is 0 Å². The van der Waals surface area contributed by atoms with E-state index in [9.17, 15) is 8.78 Å². The third kappa shape index (κ3) is 4.40. The normalized spacial score (nSPS) is 19.9. The van der Waals surface area contributed by atoms with Gasteiger partial charge < -0.3 is 10.5 Å². The topological polar surface area (TPSA) is 47.6 Å². The van der Waals surface area contributed by atoms with Crippen molar-refractivity contribution in [1.29, 1.82) is 0 Å². The molecule has 1 aromatic carbocycles. The molecule has 0 bridgehead atoms. The number of aliphatic imine (C=N–C) groups is 1. The highest BCUT2D eigenvalue weighted by molar-refractivity contribution is 9.10. The summed E-state index contributed by atoms with van der Waals surface area (Å²) in [6.45, 7) is 5.27. The van der Waals surface area contributed by atoms with Crippen molar-refractivity contribution in [2.24, 2.45) is 10.7 Å². The maximum Gasteiger partial charge on any atom is 0.307 e. The van der Waals surface area contributed by atoms with Gasteiger partial charge in [0.2, 0.25) is 0 Å².